The zero-order valence-corrected chi connectivity index (χ0v) is 24.8. The van der Waals surface area contributed by atoms with Gasteiger partial charge in [0.15, 0.2) is 0 Å². The van der Waals surface area contributed by atoms with Crippen molar-refractivity contribution >= 4 is 28.5 Å². The Hall–Kier alpha value is -5.02. The van der Waals surface area contributed by atoms with Gasteiger partial charge in [-0.25, -0.2) is 13.6 Å². The van der Waals surface area contributed by atoms with Gasteiger partial charge < -0.3 is 20.3 Å². The molecule has 0 spiro atoms. The van der Waals surface area contributed by atoms with Crippen LogP contribution in [0.4, 0.5) is 40.8 Å². The minimum absolute atomic E-state index is 0.0465. The number of anilines is 1. The standard InChI is InChI=1S/C31H26F8N4O4/c1-4-23(31(37,38)39)41-16-12-20(32)25(21(33)13-16)27(44)42-22(29(46)47)11-15-7-8-18(26-17(15)6-5-9-40-26)24-19(30(34,35)36)10-14(2)43(3)28(24)45/h5-10,12-13,22-23,41H,4,11H2,1-3H3,(H,42,44)(H,46,47)/t22-,23+/m0/s1. The van der Waals surface area contributed by atoms with Crippen LogP contribution >= 0.6 is 0 Å². The maximum Gasteiger partial charge on any atom is 0.417 e. The first-order chi connectivity index (χ1) is 21.8. The lowest BCUT2D eigenvalue weighted by Gasteiger charge is -2.22. The smallest absolute Gasteiger partial charge is 0.417 e. The van der Waals surface area contributed by atoms with Gasteiger partial charge in [0.05, 0.1) is 16.6 Å². The minimum atomic E-state index is -4.92. The van der Waals surface area contributed by atoms with E-state index in [9.17, 15) is 54.6 Å². The number of carbonyl (C=O) groups is 2. The Balaban J connectivity index is 1.70. The zero-order chi connectivity index (χ0) is 35.0. The average Bonchev–Trinajstić information content (AvgIpc) is 2.97. The van der Waals surface area contributed by atoms with Crippen LogP contribution in [0.15, 0.2) is 53.5 Å². The van der Waals surface area contributed by atoms with Crippen molar-refractivity contribution in [2.24, 2.45) is 7.05 Å². The van der Waals surface area contributed by atoms with Crippen LogP contribution in [-0.4, -0.2) is 44.8 Å². The molecule has 0 aliphatic rings. The van der Waals surface area contributed by atoms with Gasteiger partial charge in [-0.05, 0) is 43.2 Å². The maximum absolute atomic E-state index is 14.8. The molecule has 2 heterocycles. The van der Waals surface area contributed by atoms with Gasteiger partial charge in [-0.15, -0.1) is 0 Å². The number of aliphatic carboxylic acids is 1. The quantitative estimate of drug-likeness (QED) is 0.178. The van der Waals surface area contributed by atoms with Crippen molar-refractivity contribution in [1.82, 2.24) is 14.9 Å². The number of nitrogens with one attached hydrogen (secondary N) is 2. The normalized spacial score (nSPS) is 13.3. The summed E-state index contributed by atoms with van der Waals surface area (Å²) in [6, 6.07) is 2.97. The summed E-state index contributed by atoms with van der Waals surface area (Å²) < 4.78 is 112. The monoisotopic (exact) mass is 670 g/mol. The predicted molar refractivity (Wildman–Crippen MR) is 155 cm³/mol. The molecule has 0 unspecified atom stereocenters. The number of carboxylic acids is 1. The van der Waals surface area contributed by atoms with Gasteiger partial charge in [0.25, 0.3) is 11.5 Å². The predicted octanol–water partition coefficient (Wildman–Crippen LogP) is 6.38. The van der Waals surface area contributed by atoms with Crippen LogP contribution in [0.3, 0.4) is 0 Å². The molecule has 0 saturated heterocycles. The Kier molecular flexibility index (Phi) is 9.64. The summed E-state index contributed by atoms with van der Waals surface area (Å²) >= 11 is 0. The molecule has 2 aromatic carbocycles. The van der Waals surface area contributed by atoms with Crippen LogP contribution in [0.5, 0.6) is 0 Å². The summed E-state index contributed by atoms with van der Waals surface area (Å²) in [6.07, 6.45) is -9.42. The van der Waals surface area contributed by atoms with Crippen LogP contribution in [0.1, 0.15) is 40.5 Å². The molecular formula is C31H26F8N4O4. The third-order valence-corrected chi connectivity index (χ3v) is 7.55. The number of alkyl halides is 6. The van der Waals surface area contributed by atoms with Crippen LogP contribution < -0.4 is 16.2 Å². The highest BCUT2D eigenvalue weighted by Crippen LogP contribution is 2.38. The molecule has 0 aliphatic heterocycles. The van der Waals surface area contributed by atoms with Crippen LogP contribution in [0, 0.1) is 18.6 Å². The van der Waals surface area contributed by atoms with Gasteiger partial charge in [0.2, 0.25) is 0 Å². The molecule has 0 radical (unpaired) electrons. The highest BCUT2D eigenvalue weighted by Gasteiger charge is 2.39. The van der Waals surface area contributed by atoms with Crippen LogP contribution in [0.25, 0.3) is 22.0 Å². The fourth-order valence-electron chi connectivity index (χ4n) is 5.06. The molecule has 47 heavy (non-hydrogen) atoms. The molecule has 8 nitrogen and oxygen atoms in total. The molecule has 0 bridgehead atoms. The second kappa shape index (κ2) is 13.0. The fourth-order valence-corrected chi connectivity index (χ4v) is 5.06. The highest BCUT2D eigenvalue weighted by atomic mass is 19.4. The topological polar surface area (TPSA) is 113 Å². The molecule has 16 heteroatoms. The number of amides is 1. The first-order valence-corrected chi connectivity index (χ1v) is 13.9. The lowest BCUT2D eigenvalue weighted by atomic mass is 9.93. The first-order valence-electron chi connectivity index (χ1n) is 13.9. The number of nitrogens with zero attached hydrogens (tertiary/aromatic N) is 2. The van der Waals surface area contributed by atoms with Gasteiger partial charge in [-0.1, -0.05) is 25.1 Å². The lowest BCUT2D eigenvalue weighted by molar-refractivity contribution is -0.143. The molecule has 4 aromatic rings. The molecular weight excluding hydrogens is 644 g/mol. The number of hydrogen-bond acceptors (Lipinski definition) is 5. The Bertz CT molecular complexity index is 1900. The molecule has 0 aliphatic carbocycles. The third kappa shape index (κ3) is 7.20. The summed E-state index contributed by atoms with van der Waals surface area (Å²) in [7, 11) is 1.30. The lowest BCUT2D eigenvalue weighted by Crippen LogP contribution is -2.43. The molecule has 0 fully saturated rings. The molecule has 2 aromatic heterocycles. The summed E-state index contributed by atoms with van der Waals surface area (Å²) in [6.45, 7) is 2.53. The Morgan fingerprint density at radius 1 is 1.02 bits per heavy atom. The average molecular weight is 671 g/mol. The van der Waals surface area contributed by atoms with Crippen molar-refractivity contribution in [2.45, 2.75) is 51.1 Å². The minimum Gasteiger partial charge on any atom is -0.480 e. The van der Waals surface area contributed by atoms with Crippen molar-refractivity contribution in [2.75, 3.05) is 5.32 Å². The van der Waals surface area contributed by atoms with E-state index in [2.05, 4.69) is 4.98 Å². The fraction of sp³-hybridized carbons (Fsp3) is 0.290. The van der Waals surface area contributed by atoms with Crippen molar-refractivity contribution in [3.63, 3.8) is 0 Å². The first kappa shape index (κ1) is 34.8. The summed E-state index contributed by atoms with van der Waals surface area (Å²) in [5.74, 6) is -6.31. The van der Waals surface area contributed by atoms with E-state index in [0.29, 0.717) is 12.1 Å². The second-order valence-corrected chi connectivity index (χ2v) is 10.6. The molecule has 2 atom stereocenters. The van der Waals surface area contributed by atoms with E-state index in [4.69, 9.17) is 0 Å². The van der Waals surface area contributed by atoms with E-state index in [1.807, 2.05) is 10.6 Å². The Morgan fingerprint density at radius 2 is 1.66 bits per heavy atom. The van der Waals surface area contributed by atoms with E-state index in [-0.39, 0.29) is 27.7 Å². The Morgan fingerprint density at radius 3 is 2.21 bits per heavy atom. The van der Waals surface area contributed by atoms with Crippen molar-refractivity contribution in [3.05, 3.63) is 93.0 Å². The number of carboxylic acid groups (broad SMARTS) is 1. The number of benzene rings is 2. The van der Waals surface area contributed by atoms with Gasteiger partial charge >= 0.3 is 18.3 Å². The molecule has 3 N–H and O–H groups in total. The van der Waals surface area contributed by atoms with Gasteiger partial charge in [0, 0.05) is 42.0 Å². The zero-order valence-electron chi connectivity index (χ0n) is 24.8. The number of rotatable bonds is 9. The SMILES string of the molecule is CC[C@@H](Nc1cc(F)c(C(=O)N[C@@H](Cc2ccc(-c3c(C(F)(F)F)cc(C)n(C)c3=O)c3ncccc23)C(=O)O)c(F)c1)C(F)(F)F. The maximum atomic E-state index is 14.8. The highest BCUT2D eigenvalue weighted by molar-refractivity contribution is 5.99. The number of halogens is 8. The van der Waals surface area contributed by atoms with E-state index in [1.54, 1.807) is 0 Å². The number of aromatic nitrogens is 2. The number of pyridine rings is 2. The molecule has 250 valence electrons. The van der Waals surface area contributed by atoms with E-state index >= 15 is 0 Å². The third-order valence-electron chi connectivity index (χ3n) is 7.55. The summed E-state index contributed by atoms with van der Waals surface area (Å²) in [4.78, 5) is 42.2. The van der Waals surface area contributed by atoms with Crippen molar-refractivity contribution in [1.29, 1.82) is 0 Å². The number of hydrogen-bond donors (Lipinski definition) is 3. The number of aryl methyl sites for hydroxylation is 1. The second-order valence-electron chi connectivity index (χ2n) is 10.6. The van der Waals surface area contributed by atoms with Gasteiger partial charge in [-0.2, -0.15) is 26.3 Å². The van der Waals surface area contributed by atoms with Crippen LogP contribution in [0.2, 0.25) is 0 Å². The van der Waals surface area contributed by atoms with E-state index in [1.165, 1.54) is 45.3 Å². The Labute approximate surface area is 261 Å². The molecule has 1 amide bonds. The van der Waals surface area contributed by atoms with Crippen molar-refractivity contribution < 1.29 is 49.8 Å². The van der Waals surface area contributed by atoms with E-state index < -0.39 is 88.7 Å². The van der Waals surface area contributed by atoms with E-state index in [0.717, 1.165) is 16.7 Å². The summed E-state index contributed by atoms with van der Waals surface area (Å²) in [5.41, 5.74) is -4.80. The number of carbonyl (C=O) groups excluding carboxylic acids is 1. The van der Waals surface area contributed by atoms with Crippen LogP contribution in [-0.2, 0) is 24.4 Å². The number of fused-ring (bicyclic) bond motifs is 1. The van der Waals surface area contributed by atoms with Gasteiger partial charge in [-0.3, -0.25) is 14.6 Å². The molecule has 4 rings (SSSR count). The van der Waals surface area contributed by atoms with Gasteiger partial charge in [0.1, 0.15) is 29.3 Å². The largest absolute Gasteiger partial charge is 0.480 e. The molecule has 0 saturated carbocycles. The van der Waals surface area contributed by atoms with Crippen molar-refractivity contribution in [3.8, 4) is 11.1 Å². The summed E-state index contributed by atoms with van der Waals surface area (Å²) in [5, 5.41) is 13.9.